The van der Waals surface area contributed by atoms with E-state index in [1.807, 2.05) is 0 Å². The number of nitrogen functional groups attached to an aromatic ring is 1. The summed E-state index contributed by atoms with van der Waals surface area (Å²) in [6.45, 7) is 0. The summed E-state index contributed by atoms with van der Waals surface area (Å²) in [5, 5.41) is 14.4. The molecule has 0 spiro atoms. The Morgan fingerprint density at radius 1 is 1.05 bits per heavy atom. The number of phenols is 1. The van der Waals surface area contributed by atoms with Gasteiger partial charge in [0.2, 0.25) is 0 Å². The van der Waals surface area contributed by atoms with Crippen LogP contribution in [0.3, 0.4) is 0 Å². The van der Waals surface area contributed by atoms with Gasteiger partial charge in [-0.2, -0.15) is 0 Å². The van der Waals surface area contributed by atoms with E-state index < -0.39 is 0 Å². The molecule has 0 radical (unpaired) electrons. The molecule has 108 valence electrons. The number of hydrogen-bond acceptors (Lipinski definition) is 5. The summed E-state index contributed by atoms with van der Waals surface area (Å²) in [7, 11) is 0. The number of fused-ring (bicyclic) bond motifs is 3. The third kappa shape index (κ3) is 1.93. The van der Waals surface area contributed by atoms with Crippen molar-refractivity contribution in [2.75, 3.05) is 5.73 Å². The van der Waals surface area contributed by atoms with Crippen molar-refractivity contribution in [2.45, 2.75) is 0 Å². The molecule has 2 heterocycles. The summed E-state index contributed by atoms with van der Waals surface area (Å²) >= 11 is 6.05. The molecule has 0 aliphatic carbocycles. The normalized spacial score (nSPS) is 11.3. The Labute approximate surface area is 129 Å². The fourth-order valence-electron chi connectivity index (χ4n) is 2.32. The van der Waals surface area contributed by atoms with Crippen molar-refractivity contribution in [3.8, 4) is 17.1 Å². The van der Waals surface area contributed by atoms with E-state index in [1.54, 1.807) is 47.0 Å². The lowest BCUT2D eigenvalue weighted by molar-refractivity contribution is 0.475. The second-order valence-corrected chi connectivity index (χ2v) is 5.28. The maximum absolute atomic E-state index is 9.37. The predicted molar refractivity (Wildman–Crippen MR) is 84.8 cm³/mol. The molecule has 4 aromatic rings. The molecule has 0 atom stereocenters. The largest absolute Gasteiger partial charge is 0.508 e. The summed E-state index contributed by atoms with van der Waals surface area (Å²) in [6, 6.07) is 11.9. The second kappa shape index (κ2) is 4.57. The fraction of sp³-hybridized carbons (Fsp3) is 0. The second-order valence-electron chi connectivity index (χ2n) is 4.85. The number of nitrogens with two attached hydrogens (primary N) is 1. The Bertz CT molecular complexity index is 1010. The van der Waals surface area contributed by atoms with Gasteiger partial charge in [-0.25, -0.2) is 14.5 Å². The predicted octanol–water partition coefficient (Wildman–Crippen LogP) is 2.89. The lowest BCUT2D eigenvalue weighted by atomic mass is 10.2. The van der Waals surface area contributed by atoms with Gasteiger partial charge < -0.3 is 10.8 Å². The molecule has 2 aromatic heterocycles. The van der Waals surface area contributed by atoms with Crippen molar-refractivity contribution in [3.05, 3.63) is 47.5 Å². The first-order valence-corrected chi connectivity index (χ1v) is 6.90. The number of nitrogens with zero attached hydrogens (tertiary/aromatic N) is 4. The summed E-state index contributed by atoms with van der Waals surface area (Å²) in [5.74, 6) is 0.985. The van der Waals surface area contributed by atoms with Crippen molar-refractivity contribution in [1.82, 2.24) is 19.6 Å². The fourth-order valence-corrected chi connectivity index (χ4v) is 2.49. The highest BCUT2D eigenvalue weighted by Crippen LogP contribution is 2.25. The zero-order valence-electron chi connectivity index (χ0n) is 11.2. The monoisotopic (exact) mass is 311 g/mol. The first-order valence-electron chi connectivity index (χ1n) is 6.53. The van der Waals surface area contributed by atoms with Crippen LogP contribution >= 0.6 is 11.6 Å². The molecule has 0 unspecified atom stereocenters. The molecule has 2 aromatic carbocycles. The third-order valence-electron chi connectivity index (χ3n) is 3.37. The van der Waals surface area contributed by atoms with Gasteiger partial charge in [0.1, 0.15) is 5.75 Å². The number of aromatic nitrogens is 4. The van der Waals surface area contributed by atoms with Crippen LogP contribution in [0.15, 0.2) is 42.5 Å². The van der Waals surface area contributed by atoms with Crippen molar-refractivity contribution in [3.63, 3.8) is 0 Å². The number of phenolic OH excluding ortho intramolecular Hbond substituents is 1. The number of halogens is 1. The molecule has 0 aliphatic rings. The van der Waals surface area contributed by atoms with E-state index >= 15 is 0 Å². The van der Waals surface area contributed by atoms with Crippen LogP contribution in [0.2, 0.25) is 5.02 Å². The molecule has 7 heteroatoms. The minimum absolute atomic E-state index is 0.186. The van der Waals surface area contributed by atoms with Crippen LogP contribution in [-0.2, 0) is 0 Å². The van der Waals surface area contributed by atoms with E-state index in [-0.39, 0.29) is 5.75 Å². The average Bonchev–Trinajstić information content (AvgIpc) is 2.95. The molecule has 22 heavy (non-hydrogen) atoms. The molecule has 0 saturated heterocycles. The van der Waals surface area contributed by atoms with Crippen LogP contribution in [-0.4, -0.2) is 24.7 Å². The van der Waals surface area contributed by atoms with Gasteiger partial charge in [0, 0.05) is 10.6 Å². The van der Waals surface area contributed by atoms with Crippen LogP contribution in [0, 0.1) is 0 Å². The summed E-state index contributed by atoms with van der Waals surface area (Å²) in [4.78, 5) is 8.75. The molecule has 0 saturated carbocycles. The third-order valence-corrected chi connectivity index (χ3v) is 3.60. The minimum atomic E-state index is 0.186. The maximum Gasteiger partial charge on any atom is 0.199 e. The lowest BCUT2D eigenvalue weighted by Crippen LogP contribution is -1.99. The Morgan fingerprint density at radius 3 is 2.59 bits per heavy atom. The smallest absolute Gasteiger partial charge is 0.199 e. The molecule has 4 rings (SSSR count). The topological polar surface area (TPSA) is 89.3 Å². The van der Waals surface area contributed by atoms with Gasteiger partial charge in [0.15, 0.2) is 17.3 Å². The molecule has 0 bridgehead atoms. The van der Waals surface area contributed by atoms with Crippen LogP contribution < -0.4 is 5.73 Å². The number of benzene rings is 2. The standard InChI is InChI=1S/C15H10ClN5O/c16-9-3-6-11-12(7-9)21-15(13(17)18-11)19-14(20-21)8-1-4-10(22)5-2-8/h1-7,22H,(H2,17,18). The minimum Gasteiger partial charge on any atom is -0.508 e. The van der Waals surface area contributed by atoms with E-state index in [1.165, 1.54) is 0 Å². The quantitative estimate of drug-likeness (QED) is 0.564. The van der Waals surface area contributed by atoms with Gasteiger partial charge >= 0.3 is 0 Å². The Kier molecular flexibility index (Phi) is 2.67. The highest BCUT2D eigenvalue weighted by atomic mass is 35.5. The SMILES string of the molecule is Nc1nc2ccc(Cl)cc2n2nc(-c3ccc(O)cc3)nc12. The lowest BCUT2D eigenvalue weighted by Gasteiger charge is -2.02. The van der Waals surface area contributed by atoms with Crippen LogP contribution in [0.1, 0.15) is 0 Å². The van der Waals surface area contributed by atoms with E-state index in [0.717, 1.165) is 11.1 Å². The summed E-state index contributed by atoms with van der Waals surface area (Å²) in [6.07, 6.45) is 0. The van der Waals surface area contributed by atoms with Gasteiger partial charge in [-0.3, -0.25) is 0 Å². The Hall–Kier alpha value is -2.86. The first-order chi connectivity index (χ1) is 10.6. The highest BCUT2D eigenvalue weighted by Gasteiger charge is 2.13. The highest BCUT2D eigenvalue weighted by molar-refractivity contribution is 6.31. The number of hydrogen-bond donors (Lipinski definition) is 2. The van der Waals surface area contributed by atoms with E-state index in [0.29, 0.717) is 27.8 Å². The molecule has 0 amide bonds. The van der Waals surface area contributed by atoms with Gasteiger partial charge in [0.25, 0.3) is 0 Å². The molecule has 0 aliphatic heterocycles. The summed E-state index contributed by atoms with van der Waals surface area (Å²) in [5.41, 5.74) is 8.63. The van der Waals surface area contributed by atoms with Crippen LogP contribution in [0.5, 0.6) is 5.75 Å². The molecule has 3 N–H and O–H groups in total. The number of anilines is 1. The zero-order valence-corrected chi connectivity index (χ0v) is 12.0. The molecular formula is C15H10ClN5O. The van der Waals surface area contributed by atoms with Gasteiger partial charge in [-0.05, 0) is 42.5 Å². The maximum atomic E-state index is 9.37. The number of rotatable bonds is 1. The Morgan fingerprint density at radius 2 is 1.82 bits per heavy atom. The van der Waals surface area contributed by atoms with Crippen molar-refractivity contribution in [1.29, 1.82) is 0 Å². The molecule has 0 fully saturated rings. The van der Waals surface area contributed by atoms with Crippen molar-refractivity contribution >= 4 is 34.1 Å². The van der Waals surface area contributed by atoms with E-state index in [4.69, 9.17) is 17.3 Å². The van der Waals surface area contributed by atoms with Gasteiger partial charge in [-0.15, -0.1) is 5.10 Å². The Balaban J connectivity index is 2.03. The van der Waals surface area contributed by atoms with E-state index in [9.17, 15) is 5.11 Å². The van der Waals surface area contributed by atoms with Gasteiger partial charge in [-0.1, -0.05) is 11.6 Å². The van der Waals surface area contributed by atoms with Gasteiger partial charge in [0.05, 0.1) is 11.0 Å². The van der Waals surface area contributed by atoms with Crippen LogP contribution in [0.4, 0.5) is 5.82 Å². The van der Waals surface area contributed by atoms with E-state index in [2.05, 4.69) is 15.1 Å². The average molecular weight is 312 g/mol. The van der Waals surface area contributed by atoms with Crippen molar-refractivity contribution < 1.29 is 5.11 Å². The molecular weight excluding hydrogens is 302 g/mol. The molecule has 6 nitrogen and oxygen atoms in total. The first kappa shape index (κ1) is 12.8. The number of aromatic hydroxyl groups is 1. The van der Waals surface area contributed by atoms with Crippen molar-refractivity contribution in [2.24, 2.45) is 0 Å². The summed E-state index contributed by atoms with van der Waals surface area (Å²) < 4.78 is 1.63. The van der Waals surface area contributed by atoms with Crippen LogP contribution in [0.25, 0.3) is 28.1 Å². The zero-order chi connectivity index (χ0) is 15.3.